The van der Waals surface area contributed by atoms with Crippen LogP contribution in [0.5, 0.6) is 0 Å². The largest absolute Gasteiger partial charge is 0.380 e. The zero-order chi connectivity index (χ0) is 70.0. The second kappa shape index (κ2) is 38.3. The molecule has 4 fully saturated rings. The highest BCUT2D eigenvalue weighted by Crippen LogP contribution is 2.37. The van der Waals surface area contributed by atoms with Crippen molar-refractivity contribution in [2.45, 2.75) is 190 Å². The van der Waals surface area contributed by atoms with Gasteiger partial charge in [0.25, 0.3) is 10.9 Å². The molecule has 23 nitrogen and oxygen atoms in total. The number of rotatable bonds is 38. The van der Waals surface area contributed by atoms with E-state index >= 15 is 0 Å². The molecule has 0 spiro atoms. The Morgan fingerprint density at radius 2 is 0.889 bits per heavy atom. The minimum Gasteiger partial charge on any atom is -0.380 e. The molecule has 9 rings (SSSR count). The minimum atomic E-state index is -1.06. The van der Waals surface area contributed by atoms with Gasteiger partial charge in [-0.15, -0.1) is 0 Å². The van der Waals surface area contributed by atoms with E-state index in [1.54, 1.807) is 43.3 Å². The maximum absolute atomic E-state index is 14.8. The Bertz CT molecular complexity index is 3460. The number of carbonyl (C=O) groups excluding carboxylic acids is 7. The molecule has 0 saturated carbocycles. The molecular weight excluding hydrogens is 1250 g/mol. The molecule has 12 atom stereocenters. The Balaban J connectivity index is 0.718. The molecule has 0 aromatic heterocycles. The van der Waals surface area contributed by atoms with Crippen LogP contribution < -0.4 is 74.7 Å². The summed E-state index contributed by atoms with van der Waals surface area (Å²) < 4.78 is 0. The van der Waals surface area contributed by atoms with Gasteiger partial charge in [0.05, 0.1) is 18.1 Å². The predicted octanol–water partition coefficient (Wildman–Crippen LogP) is 4.95. The minimum absolute atomic E-state index is 0.0462. The van der Waals surface area contributed by atoms with Crippen LogP contribution in [-0.2, 0) is 46.7 Å². The lowest BCUT2D eigenvalue weighted by molar-refractivity contribution is -0.144. The fourth-order valence-corrected chi connectivity index (χ4v) is 14.9. The molecule has 4 aliphatic heterocycles. The number of likely N-dealkylation sites (N-methyl/N-ethyl adjacent to an activating group) is 2. The normalized spacial score (nSPS) is 21.9. The topological polar surface area (TPSA) is 304 Å². The van der Waals surface area contributed by atoms with Crippen LogP contribution in [-0.4, -0.2) is 159 Å². The zero-order valence-electron chi connectivity index (χ0n) is 58.2. The maximum Gasteiger partial charge on any atom is 0.253 e. The lowest BCUT2D eigenvalue weighted by Crippen LogP contribution is -2.58. The third-order valence-electron chi connectivity index (χ3n) is 20.6. The van der Waals surface area contributed by atoms with E-state index in [-0.39, 0.29) is 83.5 Å². The van der Waals surface area contributed by atoms with Crippen LogP contribution in [0.25, 0.3) is 0 Å². The van der Waals surface area contributed by atoms with E-state index in [0.29, 0.717) is 127 Å². The van der Waals surface area contributed by atoms with Gasteiger partial charge in [-0.3, -0.25) is 48.1 Å². The summed E-state index contributed by atoms with van der Waals surface area (Å²) in [6, 6.07) is 33.3. The van der Waals surface area contributed by atoms with Crippen molar-refractivity contribution in [3.05, 3.63) is 164 Å². The van der Waals surface area contributed by atoms with Crippen molar-refractivity contribution >= 4 is 52.7 Å². The highest BCUT2D eigenvalue weighted by molar-refractivity contribution is 5.96. The standard InChI is InChI=1S/C76H106N14O9/c1-5-58(77-3)70(93)85-60-49-89-56(33-31-52(60)39-45-79-47-50-23-11-7-12-24-50)35-37-61(89)72(95)86-63(53-27-15-9-16-28-53)74(97)83-43-21-19-41-81-66-67(69(92)68(66)91)82-42-20-22-44-84-75(98)64(54-29-17-10-18-30-54)87-73(96)62-38-36-57-34-32-55(40-46-80-48-51-25-13-8-14-26-51)65(76(99)90(57)62)88-71(94)59(6-2)78-4/h7-18,23-30,52,55-65,77-82H,5-6,19-22,31-49H2,1-4H3,(H,83,97)(H,84,98)(H,85,93)(H,86,95)(H,87,96)(H,88,94)/t52-,55-,56+,57+,58+,59+,60-,61+,62+,63+,64+,65+/m1/s1. The summed E-state index contributed by atoms with van der Waals surface area (Å²) in [7, 11) is 3.52. The zero-order valence-corrected chi connectivity index (χ0v) is 58.2. The third kappa shape index (κ3) is 20.4. The molecule has 99 heavy (non-hydrogen) atoms. The first-order chi connectivity index (χ1) is 48.2. The van der Waals surface area contributed by atoms with E-state index in [2.05, 4.69) is 93.0 Å². The molecule has 0 bridgehead atoms. The highest BCUT2D eigenvalue weighted by Gasteiger charge is 2.49. The average Bonchev–Trinajstić information content (AvgIpc) is 1.70. The first kappa shape index (κ1) is 74.9. The van der Waals surface area contributed by atoms with E-state index in [0.717, 1.165) is 44.3 Å². The molecule has 5 aromatic rings. The lowest BCUT2D eigenvalue weighted by Gasteiger charge is -2.33. The van der Waals surface area contributed by atoms with E-state index in [9.17, 15) is 43.2 Å². The van der Waals surface area contributed by atoms with Crippen molar-refractivity contribution in [1.82, 2.24) is 63.0 Å². The van der Waals surface area contributed by atoms with Crippen molar-refractivity contribution in [2.24, 2.45) is 11.8 Å². The summed E-state index contributed by atoms with van der Waals surface area (Å²) in [5.74, 6) is -2.00. The van der Waals surface area contributed by atoms with Crippen molar-refractivity contribution < 1.29 is 33.6 Å². The van der Waals surface area contributed by atoms with Crippen LogP contribution >= 0.6 is 0 Å². The number of anilines is 2. The van der Waals surface area contributed by atoms with E-state index < -0.39 is 58.9 Å². The summed E-state index contributed by atoms with van der Waals surface area (Å²) in [5, 5.41) is 38.1. The summed E-state index contributed by atoms with van der Waals surface area (Å²) in [4.78, 5) is 129. The Morgan fingerprint density at radius 3 is 1.39 bits per heavy atom. The van der Waals surface area contributed by atoms with Crippen LogP contribution in [0, 0.1) is 11.8 Å². The Hall–Kier alpha value is -8.35. The summed E-state index contributed by atoms with van der Waals surface area (Å²) in [6.45, 7) is 8.53. The van der Waals surface area contributed by atoms with E-state index in [1.807, 2.05) is 86.6 Å². The molecule has 23 heteroatoms. The molecular formula is C76H106N14O9. The Labute approximate surface area is 583 Å². The third-order valence-corrected chi connectivity index (χ3v) is 20.6. The predicted molar refractivity (Wildman–Crippen MR) is 386 cm³/mol. The quantitative estimate of drug-likeness (QED) is 0.0184. The van der Waals surface area contributed by atoms with Crippen molar-refractivity contribution in [3.8, 4) is 0 Å². The van der Waals surface area contributed by atoms with Crippen LogP contribution in [0.1, 0.15) is 151 Å². The molecule has 534 valence electrons. The summed E-state index contributed by atoms with van der Waals surface area (Å²) in [6.07, 6.45) is 10.5. The van der Waals surface area contributed by atoms with Gasteiger partial charge in [0.15, 0.2) is 0 Å². The number of unbranched alkanes of at least 4 members (excludes halogenated alkanes) is 2. The SMILES string of the molecule is CC[C@H](NC)C(=O)N[C@@H]1C(=O)N2[C@@H](CC[C@@H]1CCNCc1ccccc1)CC[C@H]2C(=O)N[C@H](C(=O)NCCCCNc1c(NCCCCNC(=O)[C@@H](NC(=O)[C@@H]2CC[C@@H]3CC[C@H](CCNCc4ccccc4)[C@H](NC(=O)[C@H](CC)NC)CN32)c2ccccc2)c(=O)c1=O)c1ccccc1. The second-order valence-corrected chi connectivity index (χ2v) is 27.1. The van der Waals surface area contributed by atoms with Crippen LogP contribution in [0.15, 0.2) is 131 Å². The van der Waals surface area contributed by atoms with Crippen molar-refractivity contribution in [3.63, 3.8) is 0 Å². The van der Waals surface area contributed by atoms with Gasteiger partial charge >= 0.3 is 0 Å². The van der Waals surface area contributed by atoms with Gasteiger partial charge in [0, 0.05) is 63.9 Å². The number of nitrogens with zero attached hydrogens (tertiary/aromatic N) is 2. The summed E-state index contributed by atoms with van der Waals surface area (Å²) in [5.41, 5.74) is 2.75. The van der Waals surface area contributed by atoms with Gasteiger partial charge < -0.3 is 68.7 Å². The molecule has 7 amide bonds. The molecule has 4 saturated heterocycles. The van der Waals surface area contributed by atoms with Gasteiger partial charge in [0.1, 0.15) is 35.5 Å². The first-order valence-corrected chi connectivity index (χ1v) is 36.3. The molecule has 0 unspecified atom stereocenters. The number of fused-ring (bicyclic) bond motifs is 2. The van der Waals surface area contributed by atoms with Crippen molar-refractivity contribution in [2.75, 3.05) is 70.5 Å². The number of hydrogen-bond donors (Lipinski definition) is 12. The first-order valence-electron chi connectivity index (χ1n) is 36.3. The van der Waals surface area contributed by atoms with E-state index in [1.165, 1.54) is 5.56 Å². The lowest BCUT2D eigenvalue weighted by atomic mass is 9.90. The number of carbonyl (C=O) groups is 7. The fourth-order valence-electron chi connectivity index (χ4n) is 14.9. The monoisotopic (exact) mass is 1360 g/mol. The van der Waals surface area contributed by atoms with Gasteiger partial charge in [-0.05, 0) is 164 Å². The van der Waals surface area contributed by atoms with Crippen LogP contribution in [0.4, 0.5) is 11.4 Å². The number of amides is 7. The Morgan fingerprint density at radius 1 is 0.465 bits per heavy atom. The van der Waals surface area contributed by atoms with E-state index in [4.69, 9.17) is 0 Å². The number of hydrogen-bond acceptors (Lipinski definition) is 16. The molecule has 12 N–H and O–H groups in total. The van der Waals surface area contributed by atoms with Crippen molar-refractivity contribution in [1.29, 1.82) is 0 Å². The van der Waals surface area contributed by atoms with Crippen LogP contribution in [0.3, 0.4) is 0 Å². The Kier molecular flexibility index (Phi) is 29.0. The fraction of sp³-hybridized carbons (Fsp3) is 0.539. The number of nitrogens with one attached hydrogen (secondary N) is 12. The van der Waals surface area contributed by atoms with Crippen LogP contribution in [0.2, 0.25) is 0 Å². The number of benzene rings is 4. The van der Waals surface area contributed by atoms with Gasteiger partial charge in [-0.1, -0.05) is 135 Å². The van der Waals surface area contributed by atoms with Gasteiger partial charge in [0.2, 0.25) is 41.4 Å². The molecule has 5 aromatic carbocycles. The summed E-state index contributed by atoms with van der Waals surface area (Å²) >= 11 is 0. The van der Waals surface area contributed by atoms with Gasteiger partial charge in [-0.25, -0.2) is 0 Å². The average molecular weight is 1360 g/mol. The molecule has 4 heterocycles. The molecule has 0 radical (unpaired) electrons. The smallest absolute Gasteiger partial charge is 0.253 e. The highest BCUT2D eigenvalue weighted by atomic mass is 16.2. The molecule has 4 aliphatic rings. The maximum atomic E-state index is 14.8. The second-order valence-electron chi connectivity index (χ2n) is 27.1. The van der Waals surface area contributed by atoms with Gasteiger partial charge in [-0.2, -0.15) is 0 Å². The molecule has 0 aliphatic carbocycles.